The molecule has 2 N–H and O–H groups in total. The maximum atomic E-state index is 13.3. The van der Waals surface area contributed by atoms with Crippen molar-refractivity contribution in [3.63, 3.8) is 0 Å². The van der Waals surface area contributed by atoms with Crippen LogP contribution < -0.4 is 10.6 Å². The van der Waals surface area contributed by atoms with Gasteiger partial charge in [-0.25, -0.2) is 4.39 Å². The highest BCUT2D eigenvalue weighted by Crippen LogP contribution is 2.17. The third-order valence-corrected chi connectivity index (χ3v) is 4.94. The van der Waals surface area contributed by atoms with Gasteiger partial charge in [0, 0.05) is 38.1 Å². The van der Waals surface area contributed by atoms with Crippen LogP contribution in [0.3, 0.4) is 0 Å². The summed E-state index contributed by atoms with van der Waals surface area (Å²) in [7, 11) is 0. The molecule has 0 bridgehead atoms. The van der Waals surface area contributed by atoms with E-state index >= 15 is 0 Å². The Hall–Kier alpha value is -0.900. The van der Waals surface area contributed by atoms with Crippen molar-refractivity contribution in [3.05, 3.63) is 34.1 Å². The molecule has 1 heterocycles. The van der Waals surface area contributed by atoms with Crippen molar-refractivity contribution in [2.45, 2.75) is 39.7 Å². The number of nitrogens with zero attached hydrogens (tertiary/aromatic N) is 2. The van der Waals surface area contributed by atoms with Gasteiger partial charge in [-0.05, 0) is 53.4 Å². The van der Waals surface area contributed by atoms with E-state index in [0.717, 1.165) is 37.5 Å². The first-order chi connectivity index (χ1) is 12.4. The van der Waals surface area contributed by atoms with Crippen molar-refractivity contribution in [3.8, 4) is 0 Å². The van der Waals surface area contributed by atoms with Gasteiger partial charge in [-0.1, -0.05) is 19.9 Å². The molecule has 2 rings (SSSR count). The van der Waals surface area contributed by atoms with E-state index in [-0.39, 0.29) is 47.7 Å². The zero-order valence-corrected chi connectivity index (χ0v) is 20.0. The summed E-state index contributed by atoms with van der Waals surface area (Å²) in [6, 6.07) is 5.25. The van der Waals surface area contributed by atoms with E-state index in [1.54, 1.807) is 12.1 Å². The standard InChI is InChI=1S/C19H28BrFN4O.HI/c1-4-22-19(23-9-7-14-5-6-17(21)16(20)11-14)24-15-8-10-25(12-15)18(26)13(2)3;/h5-6,11,13,15H,4,7-10,12H2,1-3H3,(H2,22,23,24);1H. The van der Waals surface area contributed by atoms with Crippen molar-refractivity contribution in [2.24, 2.45) is 10.9 Å². The summed E-state index contributed by atoms with van der Waals surface area (Å²) in [4.78, 5) is 18.6. The Balaban J connectivity index is 0.00000364. The molecule has 8 heteroatoms. The van der Waals surface area contributed by atoms with Crippen molar-refractivity contribution in [1.29, 1.82) is 0 Å². The predicted octanol–water partition coefficient (Wildman–Crippen LogP) is 3.56. The van der Waals surface area contributed by atoms with Gasteiger partial charge in [0.15, 0.2) is 5.96 Å². The number of nitrogens with one attached hydrogen (secondary N) is 2. The molecular formula is C19H29BrFIN4O. The lowest BCUT2D eigenvalue weighted by atomic mass is 10.1. The molecule has 1 aromatic carbocycles. The van der Waals surface area contributed by atoms with Gasteiger partial charge in [-0.15, -0.1) is 24.0 Å². The van der Waals surface area contributed by atoms with Gasteiger partial charge in [0.2, 0.25) is 5.91 Å². The molecular weight excluding hydrogens is 526 g/mol. The predicted molar refractivity (Wildman–Crippen MR) is 122 cm³/mol. The SMILES string of the molecule is CCNC(=NCCc1ccc(F)c(Br)c1)NC1CCN(C(=O)C(C)C)C1.I. The van der Waals surface area contributed by atoms with Crippen LogP contribution in [-0.4, -0.2) is 49.0 Å². The lowest BCUT2D eigenvalue weighted by Gasteiger charge is -2.20. The monoisotopic (exact) mass is 554 g/mol. The Morgan fingerprint density at radius 2 is 2.19 bits per heavy atom. The lowest BCUT2D eigenvalue weighted by Crippen LogP contribution is -2.45. The number of aliphatic imine (C=N–C) groups is 1. The van der Waals surface area contributed by atoms with E-state index in [9.17, 15) is 9.18 Å². The second-order valence-electron chi connectivity index (χ2n) is 6.83. The Morgan fingerprint density at radius 1 is 1.44 bits per heavy atom. The molecule has 27 heavy (non-hydrogen) atoms. The summed E-state index contributed by atoms with van der Waals surface area (Å²) >= 11 is 3.21. The van der Waals surface area contributed by atoms with Crippen LogP contribution in [0.5, 0.6) is 0 Å². The van der Waals surface area contributed by atoms with Gasteiger partial charge >= 0.3 is 0 Å². The van der Waals surface area contributed by atoms with Gasteiger partial charge in [-0.2, -0.15) is 0 Å². The number of benzene rings is 1. The van der Waals surface area contributed by atoms with Crippen LogP contribution >= 0.6 is 39.9 Å². The van der Waals surface area contributed by atoms with Crippen LogP contribution in [0.4, 0.5) is 4.39 Å². The molecule has 1 saturated heterocycles. The molecule has 1 atom stereocenters. The number of amides is 1. The fraction of sp³-hybridized carbons (Fsp3) is 0.579. The van der Waals surface area contributed by atoms with Gasteiger partial charge in [0.1, 0.15) is 5.82 Å². The first-order valence-electron chi connectivity index (χ1n) is 9.18. The fourth-order valence-electron chi connectivity index (χ4n) is 2.95. The van der Waals surface area contributed by atoms with Crippen LogP contribution in [0.2, 0.25) is 0 Å². The maximum Gasteiger partial charge on any atom is 0.225 e. The van der Waals surface area contributed by atoms with Crippen LogP contribution in [0.1, 0.15) is 32.8 Å². The highest BCUT2D eigenvalue weighted by molar-refractivity contribution is 14.0. The van der Waals surface area contributed by atoms with E-state index in [2.05, 4.69) is 31.6 Å². The smallest absolute Gasteiger partial charge is 0.225 e. The van der Waals surface area contributed by atoms with E-state index in [0.29, 0.717) is 17.6 Å². The molecule has 1 aliphatic rings. The highest BCUT2D eigenvalue weighted by Gasteiger charge is 2.27. The zero-order valence-electron chi connectivity index (χ0n) is 16.1. The van der Waals surface area contributed by atoms with E-state index in [4.69, 9.17) is 0 Å². The summed E-state index contributed by atoms with van der Waals surface area (Å²) < 4.78 is 13.8. The Labute approximate surface area is 186 Å². The van der Waals surface area contributed by atoms with Gasteiger partial charge in [0.05, 0.1) is 4.47 Å². The Kier molecular flexibility index (Phi) is 10.6. The summed E-state index contributed by atoms with van der Waals surface area (Å²) in [6.07, 6.45) is 1.66. The molecule has 1 unspecified atom stereocenters. The normalized spacial score (nSPS) is 17.0. The summed E-state index contributed by atoms with van der Waals surface area (Å²) in [5.41, 5.74) is 1.03. The molecule has 0 spiro atoms. The zero-order chi connectivity index (χ0) is 19.1. The van der Waals surface area contributed by atoms with Crippen LogP contribution in [-0.2, 0) is 11.2 Å². The molecule has 1 aliphatic heterocycles. The van der Waals surface area contributed by atoms with Crippen molar-refractivity contribution >= 4 is 51.8 Å². The summed E-state index contributed by atoms with van der Waals surface area (Å²) in [5, 5.41) is 6.67. The van der Waals surface area contributed by atoms with Crippen LogP contribution in [0, 0.1) is 11.7 Å². The number of rotatable bonds is 6. The number of carbonyl (C=O) groups is 1. The van der Waals surface area contributed by atoms with Gasteiger partial charge < -0.3 is 15.5 Å². The average Bonchev–Trinajstić information content (AvgIpc) is 3.05. The number of likely N-dealkylation sites (tertiary alicyclic amines) is 1. The minimum absolute atomic E-state index is 0. The van der Waals surface area contributed by atoms with Crippen molar-refractivity contribution in [2.75, 3.05) is 26.2 Å². The van der Waals surface area contributed by atoms with Gasteiger partial charge in [0.25, 0.3) is 0 Å². The number of hydrogen-bond acceptors (Lipinski definition) is 2. The number of guanidine groups is 1. The molecule has 0 saturated carbocycles. The lowest BCUT2D eigenvalue weighted by molar-refractivity contribution is -0.133. The molecule has 0 aliphatic carbocycles. The number of hydrogen-bond donors (Lipinski definition) is 2. The first kappa shape index (κ1) is 24.1. The largest absolute Gasteiger partial charge is 0.357 e. The Morgan fingerprint density at radius 3 is 2.81 bits per heavy atom. The number of carbonyl (C=O) groups excluding carboxylic acids is 1. The summed E-state index contributed by atoms with van der Waals surface area (Å²) in [5.74, 6) is 0.746. The molecule has 1 amide bonds. The molecule has 0 radical (unpaired) electrons. The second kappa shape index (κ2) is 11.8. The third-order valence-electron chi connectivity index (χ3n) is 4.33. The maximum absolute atomic E-state index is 13.3. The van der Waals surface area contributed by atoms with Crippen molar-refractivity contribution < 1.29 is 9.18 Å². The van der Waals surface area contributed by atoms with E-state index in [1.165, 1.54) is 6.07 Å². The molecule has 152 valence electrons. The molecule has 5 nitrogen and oxygen atoms in total. The van der Waals surface area contributed by atoms with Crippen molar-refractivity contribution in [1.82, 2.24) is 15.5 Å². The molecule has 0 aromatic heterocycles. The quantitative estimate of drug-likeness (QED) is 0.321. The second-order valence-corrected chi connectivity index (χ2v) is 7.68. The fourth-order valence-corrected chi connectivity index (χ4v) is 3.37. The van der Waals surface area contributed by atoms with Gasteiger partial charge in [-0.3, -0.25) is 9.79 Å². The van der Waals surface area contributed by atoms with E-state index < -0.39 is 0 Å². The Bertz CT molecular complexity index is 657. The molecule has 1 fully saturated rings. The minimum atomic E-state index is -0.256. The first-order valence-corrected chi connectivity index (χ1v) is 9.97. The van der Waals surface area contributed by atoms with Crippen LogP contribution in [0.25, 0.3) is 0 Å². The minimum Gasteiger partial charge on any atom is -0.357 e. The highest BCUT2D eigenvalue weighted by atomic mass is 127. The third kappa shape index (κ3) is 7.56. The average molecular weight is 555 g/mol. The van der Waals surface area contributed by atoms with Crippen LogP contribution in [0.15, 0.2) is 27.7 Å². The number of halogens is 3. The topological polar surface area (TPSA) is 56.7 Å². The molecule has 1 aromatic rings. The summed E-state index contributed by atoms with van der Waals surface area (Å²) in [6.45, 7) is 8.77. The van der Waals surface area contributed by atoms with E-state index in [1.807, 2.05) is 25.7 Å².